The summed E-state index contributed by atoms with van der Waals surface area (Å²) in [5.74, 6) is 0. The predicted molar refractivity (Wildman–Crippen MR) is 48.2 cm³/mol. The van der Waals surface area contributed by atoms with Gasteiger partial charge in [-0.15, -0.1) is 0 Å². The van der Waals surface area contributed by atoms with Crippen LogP contribution in [-0.4, -0.2) is 39.0 Å². The Bertz CT molecular complexity index is 139. The van der Waals surface area contributed by atoms with Crippen LogP contribution in [-0.2, 0) is 9.47 Å². The van der Waals surface area contributed by atoms with E-state index in [1.54, 1.807) is 0 Å². The Kier molecular flexibility index (Phi) is 4.29. The maximum absolute atomic E-state index is 5.32. The quantitative estimate of drug-likeness (QED) is 0.630. The fourth-order valence-corrected chi connectivity index (χ4v) is 1.05. The molecule has 1 fully saturated rings. The van der Waals surface area contributed by atoms with Crippen LogP contribution in [0.15, 0.2) is 12.2 Å². The lowest BCUT2D eigenvalue weighted by Crippen LogP contribution is -2.36. The van der Waals surface area contributed by atoms with Gasteiger partial charge < -0.3 is 14.8 Å². The van der Waals surface area contributed by atoms with Crippen molar-refractivity contribution in [1.82, 2.24) is 5.32 Å². The molecule has 0 aliphatic carbocycles. The van der Waals surface area contributed by atoms with E-state index in [-0.39, 0.29) is 0 Å². The monoisotopic (exact) mass is 171 g/mol. The summed E-state index contributed by atoms with van der Waals surface area (Å²) in [6, 6.07) is 0.323. The Morgan fingerprint density at radius 1 is 1.42 bits per heavy atom. The minimum atomic E-state index is 0.323. The van der Waals surface area contributed by atoms with Crippen LogP contribution in [0.5, 0.6) is 0 Å². The van der Waals surface area contributed by atoms with Crippen molar-refractivity contribution in [2.24, 2.45) is 0 Å². The molecule has 0 atom stereocenters. The van der Waals surface area contributed by atoms with Gasteiger partial charge >= 0.3 is 0 Å². The second-order valence-electron chi connectivity index (χ2n) is 3.18. The van der Waals surface area contributed by atoms with Crippen molar-refractivity contribution in [3.8, 4) is 0 Å². The van der Waals surface area contributed by atoms with Gasteiger partial charge in [0.2, 0.25) is 0 Å². The highest BCUT2D eigenvalue weighted by atomic mass is 16.5. The summed E-state index contributed by atoms with van der Waals surface area (Å²) in [7, 11) is 0. The van der Waals surface area contributed by atoms with Crippen molar-refractivity contribution in [2.75, 3.05) is 33.0 Å². The minimum Gasteiger partial charge on any atom is -0.377 e. The van der Waals surface area contributed by atoms with Crippen LogP contribution in [0.1, 0.15) is 6.92 Å². The standard InChI is InChI=1S/C9H17NO2/c1-8(2)5-10-9-6-11-3-4-12-7-9/h9-10H,1,3-7H2,2H3. The van der Waals surface area contributed by atoms with Gasteiger partial charge in [-0.2, -0.15) is 0 Å². The van der Waals surface area contributed by atoms with E-state index in [1.165, 1.54) is 0 Å². The first-order chi connectivity index (χ1) is 5.79. The highest BCUT2D eigenvalue weighted by molar-refractivity contribution is 4.91. The Morgan fingerprint density at radius 3 is 2.50 bits per heavy atom. The Balaban J connectivity index is 2.16. The molecule has 0 radical (unpaired) electrons. The zero-order chi connectivity index (χ0) is 8.81. The van der Waals surface area contributed by atoms with Crippen LogP contribution in [0.4, 0.5) is 0 Å². The number of rotatable bonds is 3. The molecule has 3 nitrogen and oxygen atoms in total. The molecular formula is C9H17NO2. The van der Waals surface area contributed by atoms with Gasteiger partial charge in [0, 0.05) is 6.54 Å². The first-order valence-corrected chi connectivity index (χ1v) is 4.32. The fourth-order valence-electron chi connectivity index (χ4n) is 1.05. The average Bonchev–Trinajstić information content (AvgIpc) is 2.28. The number of hydrogen-bond donors (Lipinski definition) is 1. The third-order valence-corrected chi connectivity index (χ3v) is 1.70. The molecule has 0 bridgehead atoms. The van der Waals surface area contributed by atoms with Crippen LogP contribution >= 0.6 is 0 Å². The van der Waals surface area contributed by atoms with Crippen molar-refractivity contribution in [3.63, 3.8) is 0 Å². The molecular weight excluding hydrogens is 154 g/mol. The van der Waals surface area contributed by atoms with Crippen LogP contribution in [0.3, 0.4) is 0 Å². The number of ether oxygens (including phenoxy) is 2. The van der Waals surface area contributed by atoms with Gasteiger partial charge in [0.1, 0.15) is 0 Å². The van der Waals surface area contributed by atoms with Gasteiger partial charge in [0.15, 0.2) is 0 Å². The SMILES string of the molecule is C=C(C)CNC1COCCOC1. The maximum Gasteiger partial charge on any atom is 0.0701 e. The first-order valence-electron chi connectivity index (χ1n) is 4.32. The van der Waals surface area contributed by atoms with Gasteiger partial charge in [-0.1, -0.05) is 12.2 Å². The highest BCUT2D eigenvalue weighted by Crippen LogP contribution is 1.95. The molecule has 1 aliphatic rings. The van der Waals surface area contributed by atoms with E-state index in [2.05, 4.69) is 11.9 Å². The van der Waals surface area contributed by atoms with Gasteiger partial charge in [-0.25, -0.2) is 0 Å². The Labute approximate surface area is 73.7 Å². The smallest absolute Gasteiger partial charge is 0.0701 e. The molecule has 70 valence electrons. The van der Waals surface area contributed by atoms with Gasteiger partial charge in [-0.3, -0.25) is 0 Å². The molecule has 1 heterocycles. The molecule has 0 aromatic rings. The van der Waals surface area contributed by atoms with Crippen molar-refractivity contribution < 1.29 is 9.47 Å². The van der Waals surface area contributed by atoms with E-state index in [1.807, 2.05) is 6.92 Å². The number of hydrogen-bond acceptors (Lipinski definition) is 3. The lowest BCUT2D eigenvalue weighted by molar-refractivity contribution is 0.103. The summed E-state index contributed by atoms with van der Waals surface area (Å²) >= 11 is 0. The van der Waals surface area contributed by atoms with E-state index in [9.17, 15) is 0 Å². The van der Waals surface area contributed by atoms with E-state index < -0.39 is 0 Å². The molecule has 0 unspecified atom stereocenters. The van der Waals surface area contributed by atoms with Crippen molar-refractivity contribution in [3.05, 3.63) is 12.2 Å². The lowest BCUT2D eigenvalue weighted by atomic mass is 10.3. The lowest BCUT2D eigenvalue weighted by Gasteiger charge is -2.14. The summed E-state index contributed by atoms with van der Waals surface area (Å²) < 4.78 is 10.6. The van der Waals surface area contributed by atoms with E-state index in [4.69, 9.17) is 9.47 Å². The molecule has 0 saturated carbocycles. The molecule has 0 spiro atoms. The second kappa shape index (κ2) is 5.30. The summed E-state index contributed by atoms with van der Waals surface area (Å²) in [5.41, 5.74) is 1.14. The molecule has 0 amide bonds. The van der Waals surface area contributed by atoms with Crippen LogP contribution in [0.2, 0.25) is 0 Å². The van der Waals surface area contributed by atoms with Crippen LogP contribution in [0.25, 0.3) is 0 Å². The molecule has 1 N–H and O–H groups in total. The summed E-state index contributed by atoms with van der Waals surface area (Å²) in [6.45, 7) is 9.58. The van der Waals surface area contributed by atoms with Crippen molar-refractivity contribution in [1.29, 1.82) is 0 Å². The van der Waals surface area contributed by atoms with E-state index >= 15 is 0 Å². The molecule has 1 saturated heterocycles. The zero-order valence-electron chi connectivity index (χ0n) is 7.64. The molecule has 12 heavy (non-hydrogen) atoms. The normalized spacial score (nSPS) is 20.4. The maximum atomic E-state index is 5.32. The summed E-state index contributed by atoms with van der Waals surface area (Å²) in [4.78, 5) is 0. The molecule has 1 rings (SSSR count). The molecule has 3 heteroatoms. The third-order valence-electron chi connectivity index (χ3n) is 1.70. The predicted octanol–water partition coefficient (Wildman–Crippen LogP) is 0.567. The van der Waals surface area contributed by atoms with Crippen LogP contribution in [0, 0.1) is 0 Å². The van der Waals surface area contributed by atoms with Crippen LogP contribution < -0.4 is 5.32 Å². The van der Waals surface area contributed by atoms with Gasteiger partial charge in [0.25, 0.3) is 0 Å². The van der Waals surface area contributed by atoms with Crippen molar-refractivity contribution in [2.45, 2.75) is 13.0 Å². The average molecular weight is 171 g/mol. The molecule has 0 aromatic carbocycles. The van der Waals surface area contributed by atoms with Gasteiger partial charge in [-0.05, 0) is 6.92 Å². The molecule has 1 aliphatic heterocycles. The second-order valence-corrected chi connectivity index (χ2v) is 3.18. The minimum absolute atomic E-state index is 0.323. The summed E-state index contributed by atoms with van der Waals surface area (Å²) in [6.07, 6.45) is 0. The topological polar surface area (TPSA) is 30.5 Å². The third kappa shape index (κ3) is 3.85. The van der Waals surface area contributed by atoms with Gasteiger partial charge in [0.05, 0.1) is 32.5 Å². The fraction of sp³-hybridized carbons (Fsp3) is 0.778. The van der Waals surface area contributed by atoms with Crippen molar-refractivity contribution >= 4 is 0 Å². The Morgan fingerprint density at radius 2 is 2.00 bits per heavy atom. The Hall–Kier alpha value is -0.380. The largest absolute Gasteiger partial charge is 0.377 e. The highest BCUT2D eigenvalue weighted by Gasteiger charge is 2.11. The first kappa shape index (κ1) is 9.71. The number of nitrogens with one attached hydrogen (secondary N) is 1. The molecule has 0 aromatic heterocycles. The van der Waals surface area contributed by atoms with E-state index in [0.29, 0.717) is 19.3 Å². The summed E-state index contributed by atoms with van der Waals surface area (Å²) in [5, 5.41) is 3.31. The zero-order valence-corrected chi connectivity index (χ0v) is 7.64. The van der Waals surface area contributed by atoms with E-state index in [0.717, 1.165) is 25.3 Å².